The highest BCUT2D eigenvalue weighted by Crippen LogP contribution is 2.37. The molecule has 1 atom stereocenters. The highest BCUT2D eigenvalue weighted by Gasteiger charge is 2.31. The van der Waals surface area contributed by atoms with Crippen molar-refractivity contribution < 1.29 is 19.4 Å². The van der Waals surface area contributed by atoms with E-state index >= 15 is 0 Å². The van der Waals surface area contributed by atoms with E-state index in [4.69, 9.17) is 10.5 Å². The van der Waals surface area contributed by atoms with Crippen LogP contribution in [0.1, 0.15) is 50.1 Å². The average molecular weight is 671 g/mol. The molecule has 8 rings (SSSR count). The van der Waals surface area contributed by atoms with Gasteiger partial charge in [0.2, 0.25) is 11.8 Å². The summed E-state index contributed by atoms with van der Waals surface area (Å²) in [5, 5.41) is 27.8. The van der Waals surface area contributed by atoms with Crippen molar-refractivity contribution in [2.45, 2.75) is 57.7 Å². The maximum atomic E-state index is 12.9. The third-order valence-electron chi connectivity index (χ3n) is 10.2. The summed E-state index contributed by atoms with van der Waals surface area (Å²) in [6, 6.07) is 18.4. The van der Waals surface area contributed by atoms with E-state index in [2.05, 4.69) is 31.7 Å². The van der Waals surface area contributed by atoms with Crippen LogP contribution in [0.2, 0.25) is 0 Å². The molecule has 2 fully saturated rings. The monoisotopic (exact) mass is 670 g/mol. The number of carbonyl (C=O) groups excluding carboxylic acids is 2. The molecule has 4 aromatic heterocycles. The Balaban J connectivity index is 0.890. The Hall–Kier alpha value is -5.62. The lowest BCUT2D eigenvalue weighted by Gasteiger charge is -2.28. The van der Waals surface area contributed by atoms with Gasteiger partial charge in [0.15, 0.2) is 5.82 Å². The number of nitrogen functional groups attached to an aromatic ring is 1. The van der Waals surface area contributed by atoms with Gasteiger partial charge in [0.05, 0.1) is 24.0 Å². The molecule has 50 heavy (non-hydrogen) atoms. The number of amides is 2. The first-order chi connectivity index (χ1) is 24.4. The molecule has 2 aromatic carbocycles. The predicted octanol–water partition coefficient (Wildman–Crippen LogP) is 5.80. The van der Waals surface area contributed by atoms with Gasteiger partial charge in [-0.1, -0.05) is 24.3 Å². The van der Waals surface area contributed by atoms with Crippen LogP contribution >= 0.6 is 0 Å². The molecule has 5 heterocycles. The van der Waals surface area contributed by atoms with Gasteiger partial charge in [0.25, 0.3) is 0 Å². The first kappa shape index (κ1) is 31.6. The maximum Gasteiger partial charge on any atom is 0.249 e. The van der Waals surface area contributed by atoms with E-state index in [0.717, 1.165) is 70.9 Å². The number of para-hydroxylation sites is 1. The van der Waals surface area contributed by atoms with E-state index < -0.39 is 6.04 Å². The zero-order valence-corrected chi connectivity index (χ0v) is 27.5. The Kier molecular flexibility index (Phi) is 8.45. The quantitative estimate of drug-likeness (QED) is 0.161. The van der Waals surface area contributed by atoms with Crippen LogP contribution in [0.5, 0.6) is 5.75 Å². The second kappa shape index (κ2) is 13.4. The Bertz CT molecular complexity index is 2220. The van der Waals surface area contributed by atoms with Gasteiger partial charge in [0.1, 0.15) is 17.4 Å². The fourth-order valence-electron chi connectivity index (χ4n) is 7.60. The van der Waals surface area contributed by atoms with E-state index in [0.29, 0.717) is 55.0 Å². The molecule has 1 unspecified atom stereocenters. The number of hydrogen-bond donors (Lipinski definition) is 3. The fourth-order valence-corrected chi connectivity index (χ4v) is 7.60. The van der Waals surface area contributed by atoms with Crippen LogP contribution in [0, 0.1) is 11.8 Å². The molecular weight excluding hydrogens is 632 g/mol. The minimum absolute atomic E-state index is 0.138. The van der Waals surface area contributed by atoms with Crippen LogP contribution in [0.4, 0.5) is 5.82 Å². The van der Waals surface area contributed by atoms with Gasteiger partial charge in [-0.3, -0.25) is 19.6 Å². The second-order valence-corrected chi connectivity index (χ2v) is 13.4. The fraction of sp³-hybridized carbons (Fsp3) is 0.316. The van der Waals surface area contributed by atoms with Crippen LogP contribution in [0.15, 0.2) is 79.3 Å². The lowest BCUT2D eigenvalue weighted by Crippen LogP contribution is -2.41. The molecule has 0 spiro atoms. The van der Waals surface area contributed by atoms with Crippen molar-refractivity contribution in [1.29, 1.82) is 0 Å². The number of phenols is 1. The normalized spacial score (nSPS) is 19.6. The van der Waals surface area contributed by atoms with Gasteiger partial charge >= 0.3 is 0 Å². The van der Waals surface area contributed by atoms with E-state index in [1.165, 1.54) is 0 Å². The average Bonchev–Trinajstić information content (AvgIpc) is 3.73. The zero-order chi connectivity index (χ0) is 34.2. The molecule has 1 saturated heterocycles. The summed E-state index contributed by atoms with van der Waals surface area (Å²) in [6.45, 7) is 1.98. The van der Waals surface area contributed by atoms with Crippen LogP contribution in [0.25, 0.3) is 44.3 Å². The van der Waals surface area contributed by atoms with Crippen LogP contribution in [0.3, 0.4) is 0 Å². The van der Waals surface area contributed by atoms with Crippen LogP contribution < -0.4 is 11.1 Å². The number of pyridine rings is 1. The molecule has 1 aliphatic carbocycles. The van der Waals surface area contributed by atoms with Gasteiger partial charge in [0, 0.05) is 59.4 Å². The van der Waals surface area contributed by atoms with Gasteiger partial charge in [-0.2, -0.15) is 5.10 Å². The largest absolute Gasteiger partial charge is 0.507 e. The third kappa shape index (κ3) is 6.07. The Morgan fingerprint density at radius 3 is 2.62 bits per heavy atom. The number of nitrogens with one attached hydrogen (secondary N) is 1. The second-order valence-electron chi connectivity index (χ2n) is 13.4. The van der Waals surface area contributed by atoms with E-state index in [1.807, 2.05) is 51.8 Å². The Morgan fingerprint density at radius 1 is 0.940 bits per heavy atom. The summed E-state index contributed by atoms with van der Waals surface area (Å²) in [6.07, 6.45) is 10.7. The molecule has 2 aliphatic rings. The van der Waals surface area contributed by atoms with E-state index in [1.54, 1.807) is 30.6 Å². The number of benzene rings is 2. The molecular formula is C38H38N8O4. The number of imide groups is 1. The molecule has 4 N–H and O–H groups in total. The molecule has 2 amide bonds. The van der Waals surface area contributed by atoms with Crippen molar-refractivity contribution in [2.24, 2.45) is 11.8 Å². The molecule has 254 valence electrons. The van der Waals surface area contributed by atoms with Gasteiger partial charge < -0.3 is 20.1 Å². The van der Waals surface area contributed by atoms with E-state index in [-0.39, 0.29) is 17.6 Å². The maximum absolute atomic E-state index is 12.9. The van der Waals surface area contributed by atoms with Crippen molar-refractivity contribution in [2.75, 3.05) is 12.3 Å². The van der Waals surface area contributed by atoms with Crippen molar-refractivity contribution in [3.05, 3.63) is 84.8 Å². The summed E-state index contributed by atoms with van der Waals surface area (Å²) >= 11 is 0. The SMILES string of the molecule is Nc1nnc(-c2ccccc2O)cc1-c1cnn(CC2CCC(COCc3cccc4c3c3cccnc3n4C3CCC(=O)NC3=O)CC2)c1. The zero-order valence-electron chi connectivity index (χ0n) is 27.5. The summed E-state index contributed by atoms with van der Waals surface area (Å²) in [7, 11) is 0. The van der Waals surface area contributed by atoms with Gasteiger partial charge in [-0.05, 0) is 85.9 Å². The lowest BCUT2D eigenvalue weighted by molar-refractivity contribution is -0.135. The smallest absolute Gasteiger partial charge is 0.249 e. The predicted molar refractivity (Wildman–Crippen MR) is 189 cm³/mol. The number of piperidine rings is 1. The number of anilines is 1. The number of carbonyl (C=O) groups is 2. The molecule has 12 nitrogen and oxygen atoms in total. The van der Waals surface area contributed by atoms with Crippen molar-refractivity contribution >= 4 is 39.6 Å². The summed E-state index contributed by atoms with van der Waals surface area (Å²) in [5.74, 6) is 0.940. The molecule has 12 heteroatoms. The minimum Gasteiger partial charge on any atom is -0.507 e. The molecule has 0 bridgehead atoms. The molecule has 1 aliphatic heterocycles. The Labute approximate surface area is 288 Å². The number of phenolic OH excluding ortho intramolecular Hbond substituents is 1. The first-order valence-electron chi connectivity index (χ1n) is 17.1. The van der Waals surface area contributed by atoms with Crippen LogP contribution in [-0.2, 0) is 27.5 Å². The minimum atomic E-state index is -0.490. The van der Waals surface area contributed by atoms with Gasteiger partial charge in [-0.25, -0.2) is 4.98 Å². The van der Waals surface area contributed by atoms with E-state index in [9.17, 15) is 14.7 Å². The number of fused-ring (bicyclic) bond motifs is 3. The number of aromatic hydroxyl groups is 1. The Morgan fingerprint density at radius 2 is 1.78 bits per heavy atom. The molecule has 0 radical (unpaired) electrons. The highest BCUT2D eigenvalue weighted by atomic mass is 16.5. The highest BCUT2D eigenvalue weighted by molar-refractivity contribution is 6.10. The van der Waals surface area contributed by atoms with Crippen molar-refractivity contribution in [3.8, 4) is 28.1 Å². The number of nitrogens with zero attached hydrogens (tertiary/aromatic N) is 6. The van der Waals surface area contributed by atoms with Crippen molar-refractivity contribution in [1.82, 2.24) is 34.8 Å². The number of nitrogens with two attached hydrogens (primary N) is 1. The summed E-state index contributed by atoms with van der Waals surface area (Å²) in [5.41, 5.74) is 11.7. The molecule has 6 aromatic rings. The van der Waals surface area contributed by atoms with Crippen molar-refractivity contribution in [3.63, 3.8) is 0 Å². The standard InChI is InChI=1S/C38H38N8O4/c39-36-29(17-30(43-44-36)27-6-1-2-9-33(27)47)26-18-41-45(20-26)19-23-10-12-24(13-11-23)21-50-22-25-5-3-8-31-35(25)28-7-4-16-40-37(28)46(31)32-14-15-34(48)42-38(32)49/h1-9,16-18,20,23-24,32,47H,10-15,19,21-22H2,(H2,39,44)(H,42,48,49). The molecule has 1 saturated carbocycles. The number of aromatic nitrogens is 6. The van der Waals surface area contributed by atoms with Gasteiger partial charge in [-0.15, -0.1) is 10.2 Å². The number of ether oxygens (including phenoxy) is 1. The number of hydrogen-bond acceptors (Lipinski definition) is 9. The summed E-state index contributed by atoms with van der Waals surface area (Å²) < 4.78 is 10.3. The lowest BCUT2D eigenvalue weighted by atomic mass is 9.82. The van der Waals surface area contributed by atoms with Crippen LogP contribution in [-0.4, -0.2) is 53.1 Å². The third-order valence-corrected chi connectivity index (χ3v) is 10.2. The number of rotatable bonds is 9. The summed E-state index contributed by atoms with van der Waals surface area (Å²) in [4.78, 5) is 29.4. The first-order valence-corrected chi connectivity index (χ1v) is 17.1. The topological polar surface area (TPSA) is 163 Å².